The number of nitrogens with zero attached hydrogens (tertiary/aromatic N) is 7. The van der Waals surface area contributed by atoms with Gasteiger partial charge in [-0.1, -0.05) is 0 Å². The van der Waals surface area contributed by atoms with Gasteiger partial charge in [-0.05, 0) is 19.2 Å². The number of fused-ring (bicyclic) bond motifs is 1. The maximum atomic E-state index is 4.63. The first kappa shape index (κ1) is 16.7. The molecule has 0 bridgehead atoms. The second-order valence-electron chi connectivity index (χ2n) is 6.92. The van der Waals surface area contributed by atoms with Gasteiger partial charge in [-0.25, -0.2) is 15.0 Å². The van der Waals surface area contributed by atoms with E-state index in [9.17, 15) is 0 Å². The molecule has 0 radical (unpaired) electrons. The third-order valence-corrected chi connectivity index (χ3v) is 5.06. The van der Waals surface area contributed by atoms with Crippen LogP contribution in [0.25, 0.3) is 16.9 Å². The Balaban J connectivity index is 1.38. The van der Waals surface area contributed by atoms with Crippen molar-refractivity contribution in [2.24, 2.45) is 0 Å². The van der Waals surface area contributed by atoms with E-state index in [4.69, 9.17) is 0 Å². The van der Waals surface area contributed by atoms with Gasteiger partial charge < -0.3 is 15.1 Å². The van der Waals surface area contributed by atoms with Crippen LogP contribution in [-0.2, 0) is 0 Å². The predicted molar refractivity (Wildman–Crippen MR) is 108 cm³/mol. The lowest BCUT2D eigenvalue weighted by Crippen LogP contribution is -2.44. The van der Waals surface area contributed by atoms with Crippen LogP contribution < -0.4 is 10.2 Å². The summed E-state index contributed by atoms with van der Waals surface area (Å²) in [5.74, 6) is 1.69. The number of hydrogen-bond donors (Lipinski definition) is 2. The Morgan fingerprint density at radius 3 is 2.64 bits per heavy atom. The van der Waals surface area contributed by atoms with E-state index in [0.29, 0.717) is 5.82 Å². The van der Waals surface area contributed by atoms with E-state index in [0.717, 1.165) is 54.6 Å². The van der Waals surface area contributed by atoms with Crippen LogP contribution in [0.5, 0.6) is 0 Å². The Morgan fingerprint density at radius 1 is 1.00 bits per heavy atom. The fourth-order valence-corrected chi connectivity index (χ4v) is 3.43. The summed E-state index contributed by atoms with van der Waals surface area (Å²) in [5.41, 5.74) is 3.52. The summed E-state index contributed by atoms with van der Waals surface area (Å²) in [6, 6.07) is 4.09. The van der Waals surface area contributed by atoms with Crippen LogP contribution in [0.15, 0.2) is 49.3 Å². The second-order valence-corrected chi connectivity index (χ2v) is 6.92. The molecule has 1 aliphatic heterocycles. The van der Waals surface area contributed by atoms with Gasteiger partial charge in [0.05, 0.1) is 30.0 Å². The normalized spacial score (nSPS) is 15.2. The first-order chi connectivity index (χ1) is 13.8. The molecule has 28 heavy (non-hydrogen) atoms. The van der Waals surface area contributed by atoms with Crippen molar-refractivity contribution < 1.29 is 0 Å². The molecule has 5 rings (SSSR count). The Bertz CT molecular complexity index is 1060. The van der Waals surface area contributed by atoms with Crippen molar-refractivity contribution in [2.75, 3.05) is 43.4 Å². The van der Waals surface area contributed by atoms with Crippen molar-refractivity contribution in [3.8, 4) is 11.3 Å². The van der Waals surface area contributed by atoms with Gasteiger partial charge in [-0.15, -0.1) is 0 Å². The van der Waals surface area contributed by atoms with Crippen LogP contribution in [-0.4, -0.2) is 67.7 Å². The minimum Gasteiger partial charge on any atom is -0.354 e. The summed E-state index contributed by atoms with van der Waals surface area (Å²) < 4.78 is 1.99. The molecule has 1 saturated heterocycles. The zero-order valence-corrected chi connectivity index (χ0v) is 15.6. The molecule has 4 aromatic heterocycles. The van der Waals surface area contributed by atoms with E-state index in [1.165, 1.54) is 0 Å². The van der Waals surface area contributed by atoms with Gasteiger partial charge in [0.1, 0.15) is 5.82 Å². The minimum absolute atomic E-state index is 0.686. The Kier molecular flexibility index (Phi) is 4.13. The average molecular weight is 375 g/mol. The van der Waals surface area contributed by atoms with Crippen LogP contribution >= 0.6 is 0 Å². The minimum atomic E-state index is 0.686. The molecule has 2 N–H and O–H groups in total. The monoisotopic (exact) mass is 375 g/mol. The predicted octanol–water partition coefficient (Wildman–Crippen LogP) is 2.01. The van der Waals surface area contributed by atoms with E-state index in [2.05, 4.69) is 53.4 Å². The fourth-order valence-electron chi connectivity index (χ4n) is 3.43. The number of aromatic amines is 1. The average Bonchev–Trinajstić information content (AvgIpc) is 3.42. The van der Waals surface area contributed by atoms with Crippen LogP contribution in [0.3, 0.4) is 0 Å². The molecule has 142 valence electrons. The Hall–Kier alpha value is -3.46. The zero-order valence-electron chi connectivity index (χ0n) is 15.6. The van der Waals surface area contributed by atoms with Crippen LogP contribution in [0.2, 0.25) is 0 Å². The number of pyridine rings is 1. The van der Waals surface area contributed by atoms with Crippen molar-refractivity contribution >= 4 is 23.0 Å². The van der Waals surface area contributed by atoms with Gasteiger partial charge in [0.2, 0.25) is 0 Å². The molecule has 0 aromatic carbocycles. The molecule has 4 aromatic rings. The number of rotatable bonds is 4. The molecular weight excluding hydrogens is 354 g/mol. The molecule has 9 heteroatoms. The lowest BCUT2D eigenvalue weighted by atomic mass is 10.2. The van der Waals surface area contributed by atoms with E-state index in [-0.39, 0.29) is 0 Å². The molecule has 0 amide bonds. The first-order valence-corrected chi connectivity index (χ1v) is 9.26. The molecule has 1 fully saturated rings. The smallest absolute Gasteiger partial charge is 0.180 e. The molecule has 5 heterocycles. The number of nitrogens with one attached hydrogen (secondary N) is 2. The highest BCUT2D eigenvalue weighted by Gasteiger charge is 2.15. The first-order valence-electron chi connectivity index (χ1n) is 9.26. The number of likely N-dealkylation sites (N-methyl/N-ethyl adjacent to an activating group) is 1. The number of piperazine rings is 1. The molecule has 1 aliphatic rings. The molecular formula is C19H21N9. The molecule has 0 atom stereocenters. The number of anilines is 3. The topological polar surface area (TPSA) is 90.3 Å². The highest BCUT2D eigenvalue weighted by molar-refractivity contribution is 5.73. The number of imidazole rings is 1. The van der Waals surface area contributed by atoms with Gasteiger partial charge in [-0.2, -0.15) is 5.10 Å². The van der Waals surface area contributed by atoms with Crippen molar-refractivity contribution in [2.45, 2.75) is 0 Å². The van der Waals surface area contributed by atoms with Gasteiger partial charge in [0, 0.05) is 50.3 Å². The van der Waals surface area contributed by atoms with Gasteiger partial charge in [0.15, 0.2) is 11.5 Å². The lowest BCUT2D eigenvalue weighted by Gasteiger charge is -2.33. The van der Waals surface area contributed by atoms with Crippen LogP contribution in [0.1, 0.15) is 0 Å². The van der Waals surface area contributed by atoms with E-state index in [1.807, 2.05) is 35.3 Å². The number of hydrogen-bond acceptors (Lipinski definition) is 7. The van der Waals surface area contributed by atoms with Crippen molar-refractivity contribution in [1.29, 1.82) is 0 Å². The molecule has 0 aliphatic carbocycles. The third kappa shape index (κ3) is 3.05. The number of H-pyrrole nitrogens is 1. The van der Waals surface area contributed by atoms with E-state index in [1.54, 1.807) is 12.4 Å². The fraction of sp³-hybridized carbons (Fsp3) is 0.263. The summed E-state index contributed by atoms with van der Waals surface area (Å²) in [5, 5.41) is 10.2. The summed E-state index contributed by atoms with van der Waals surface area (Å²) >= 11 is 0. The Morgan fingerprint density at radius 2 is 1.89 bits per heavy atom. The van der Waals surface area contributed by atoms with Gasteiger partial charge >= 0.3 is 0 Å². The summed E-state index contributed by atoms with van der Waals surface area (Å²) in [6.07, 6.45) is 10.9. The molecule has 0 unspecified atom stereocenters. The summed E-state index contributed by atoms with van der Waals surface area (Å²) in [6.45, 7) is 4.13. The summed E-state index contributed by atoms with van der Waals surface area (Å²) in [4.78, 5) is 18.3. The molecule has 0 spiro atoms. The van der Waals surface area contributed by atoms with E-state index >= 15 is 0 Å². The molecule has 0 saturated carbocycles. The quantitative estimate of drug-likeness (QED) is 0.564. The van der Waals surface area contributed by atoms with E-state index < -0.39 is 0 Å². The van der Waals surface area contributed by atoms with Crippen molar-refractivity contribution in [1.82, 2.24) is 34.4 Å². The van der Waals surface area contributed by atoms with Gasteiger partial charge in [0.25, 0.3) is 0 Å². The zero-order chi connectivity index (χ0) is 18.9. The van der Waals surface area contributed by atoms with Crippen LogP contribution in [0.4, 0.5) is 17.3 Å². The third-order valence-electron chi connectivity index (χ3n) is 5.06. The van der Waals surface area contributed by atoms with Gasteiger partial charge in [-0.3, -0.25) is 9.50 Å². The van der Waals surface area contributed by atoms with Crippen molar-refractivity contribution in [3.05, 3.63) is 49.3 Å². The van der Waals surface area contributed by atoms with Crippen molar-refractivity contribution in [3.63, 3.8) is 0 Å². The standard InChI is InChI=1S/C19H21N9/c1-26-6-8-27(9-7-26)17-3-2-15(12-21-17)25-18-19-20-4-5-28(19)16(13-22-18)14-10-23-24-11-14/h2-5,10-13H,6-9H2,1H3,(H,22,25)(H,23,24). The molecule has 9 nitrogen and oxygen atoms in total. The largest absolute Gasteiger partial charge is 0.354 e. The SMILES string of the molecule is CN1CCN(c2ccc(Nc3ncc(-c4cn[nH]c4)n4ccnc34)cn2)CC1. The van der Waals surface area contributed by atoms with Crippen LogP contribution in [0, 0.1) is 0 Å². The lowest BCUT2D eigenvalue weighted by molar-refractivity contribution is 0.312. The highest BCUT2D eigenvalue weighted by atomic mass is 15.3. The second kappa shape index (κ2) is 6.93. The summed E-state index contributed by atoms with van der Waals surface area (Å²) in [7, 11) is 2.15. The highest BCUT2D eigenvalue weighted by Crippen LogP contribution is 2.25. The Labute approximate surface area is 162 Å². The number of aromatic nitrogens is 6. The maximum Gasteiger partial charge on any atom is 0.180 e. The maximum absolute atomic E-state index is 4.63.